The molecule has 0 bridgehead atoms. The number of rotatable bonds is 6. The number of non-ortho nitro benzene ring substituents is 1. The van der Waals surface area contributed by atoms with E-state index < -0.39 is 10.9 Å². The number of nitrogens with zero attached hydrogens (tertiary/aromatic N) is 1. The molecule has 2 rings (SSSR count). The predicted octanol–water partition coefficient (Wildman–Crippen LogP) is 2.59. The van der Waals surface area contributed by atoms with E-state index in [0.29, 0.717) is 11.5 Å². The molecule has 0 unspecified atom stereocenters. The highest BCUT2D eigenvalue weighted by molar-refractivity contribution is 5.74. The lowest BCUT2D eigenvalue weighted by atomic mass is 10.3. The molecular formula is C15H13NO6. The number of ether oxygens (including phenoxy) is 3. The van der Waals surface area contributed by atoms with Gasteiger partial charge in [0, 0.05) is 6.07 Å². The van der Waals surface area contributed by atoms with Gasteiger partial charge in [-0.1, -0.05) is 6.07 Å². The fourth-order valence-electron chi connectivity index (χ4n) is 1.64. The Hall–Kier alpha value is -3.09. The van der Waals surface area contributed by atoms with Gasteiger partial charge in [-0.05, 0) is 30.3 Å². The van der Waals surface area contributed by atoms with Crippen molar-refractivity contribution >= 4 is 11.7 Å². The molecule has 22 heavy (non-hydrogen) atoms. The van der Waals surface area contributed by atoms with Gasteiger partial charge < -0.3 is 14.2 Å². The maximum absolute atomic E-state index is 11.6. The number of hydrogen-bond acceptors (Lipinski definition) is 6. The Morgan fingerprint density at radius 1 is 1.09 bits per heavy atom. The van der Waals surface area contributed by atoms with Gasteiger partial charge >= 0.3 is 5.97 Å². The molecule has 0 heterocycles. The van der Waals surface area contributed by atoms with Crippen LogP contribution in [0.3, 0.4) is 0 Å². The summed E-state index contributed by atoms with van der Waals surface area (Å²) in [4.78, 5) is 21.7. The molecule has 0 radical (unpaired) electrons. The van der Waals surface area contributed by atoms with Crippen molar-refractivity contribution in [2.24, 2.45) is 0 Å². The Labute approximate surface area is 126 Å². The number of methoxy groups -OCH3 is 1. The van der Waals surface area contributed by atoms with Crippen LogP contribution in [0, 0.1) is 10.1 Å². The van der Waals surface area contributed by atoms with Crippen LogP contribution >= 0.6 is 0 Å². The van der Waals surface area contributed by atoms with Gasteiger partial charge in [-0.3, -0.25) is 10.1 Å². The third-order valence-corrected chi connectivity index (χ3v) is 2.68. The van der Waals surface area contributed by atoms with E-state index in [0.717, 1.165) is 0 Å². The molecule has 114 valence electrons. The smallest absolute Gasteiger partial charge is 0.349 e. The zero-order valence-electron chi connectivity index (χ0n) is 11.7. The summed E-state index contributed by atoms with van der Waals surface area (Å²) < 4.78 is 15.2. The molecular weight excluding hydrogens is 290 g/mol. The number of carbonyl (C=O) groups is 1. The summed E-state index contributed by atoms with van der Waals surface area (Å²) in [6.45, 7) is -0.310. The second kappa shape index (κ2) is 7.07. The summed E-state index contributed by atoms with van der Waals surface area (Å²) in [7, 11) is 1.55. The van der Waals surface area contributed by atoms with Crippen molar-refractivity contribution in [3.8, 4) is 17.2 Å². The first-order valence-corrected chi connectivity index (χ1v) is 6.30. The summed E-state index contributed by atoms with van der Waals surface area (Å²) >= 11 is 0. The molecule has 0 aliphatic rings. The van der Waals surface area contributed by atoms with Gasteiger partial charge in [0.15, 0.2) is 6.61 Å². The first kappa shape index (κ1) is 15.3. The van der Waals surface area contributed by atoms with Gasteiger partial charge in [0.1, 0.15) is 17.2 Å². The molecule has 2 aromatic carbocycles. The fourth-order valence-corrected chi connectivity index (χ4v) is 1.64. The van der Waals surface area contributed by atoms with Crippen molar-refractivity contribution in [1.29, 1.82) is 0 Å². The van der Waals surface area contributed by atoms with Crippen molar-refractivity contribution in [1.82, 2.24) is 0 Å². The normalized spacial score (nSPS) is 9.86. The highest BCUT2D eigenvalue weighted by Gasteiger charge is 2.10. The lowest BCUT2D eigenvalue weighted by Gasteiger charge is -2.07. The van der Waals surface area contributed by atoms with E-state index >= 15 is 0 Å². The molecule has 0 saturated heterocycles. The van der Waals surface area contributed by atoms with Crippen LogP contribution in [0.25, 0.3) is 0 Å². The van der Waals surface area contributed by atoms with Crippen molar-refractivity contribution in [2.45, 2.75) is 0 Å². The van der Waals surface area contributed by atoms with Gasteiger partial charge in [-0.2, -0.15) is 0 Å². The summed E-state index contributed by atoms with van der Waals surface area (Å²) in [6.07, 6.45) is 0. The summed E-state index contributed by atoms with van der Waals surface area (Å²) in [5, 5.41) is 10.6. The summed E-state index contributed by atoms with van der Waals surface area (Å²) in [5.41, 5.74) is -0.152. The molecule has 0 N–H and O–H groups in total. The Morgan fingerprint density at radius 2 is 1.77 bits per heavy atom. The minimum absolute atomic E-state index is 0.0949. The Kier molecular flexibility index (Phi) is 4.92. The van der Waals surface area contributed by atoms with Crippen LogP contribution in [0.4, 0.5) is 5.69 Å². The predicted molar refractivity (Wildman–Crippen MR) is 77.2 cm³/mol. The first-order valence-electron chi connectivity index (χ1n) is 6.30. The van der Waals surface area contributed by atoms with Crippen molar-refractivity contribution in [3.05, 3.63) is 58.6 Å². The van der Waals surface area contributed by atoms with Crippen LogP contribution in [0.5, 0.6) is 17.2 Å². The Bertz CT molecular complexity index is 668. The zero-order valence-corrected chi connectivity index (χ0v) is 11.7. The van der Waals surface area contributed by atoms with E-state index in [1.807, 2.05) is 0 Å². The third kappa shape index (κ3) is 4.20. The molecule has 0 atom stereocenters. The maximum atomic E-state index is 11.6. The number of esters is 1. The average molecular weight is 303 g/mol. The highest BCUT2D eigenvalue weighted by atomic mass is 16.6. The van der Waals surface area contributed by atoms with Gasteiger partial charge in [0.2, 0.25) is 0 Å². The quantitative estimate of drug-likeness (QED) is 0.353. The molecule has 7 heteroatoms. The highest BCUT2D eigenvalue weighted by Crippen LogP contribution is 2.20. The van der Waals surface area contributed by atoms with Gasteiger partial charge in [-0.15, -0.1) is 0 Å². The van der Waals surface area contributed by atoms with E-state index in [1.54, 1.807) is 31.4 Å². The van der Waals surface area contributed by atoms with Gasteiger partial charge in [0.05, 0.1) is 18.1 Å². The number of nitro benzene ring substituents is 1. The van der Waals surface area contributed by atoms with Crippen LogP contribution in [-0.2, 0) is 4.79 Å². The maximum Gasteiger partial charge on any atom is 0.349 e. The minimum Gasteiger partial charge on any atom is -0.497 e. The lowest BCUT2D eigenvalue weighted by molar-refractivity contribution is -0.384. The van der Waals surface area contributed by atoms with E-state index in [1.165, 1.54) is 24.3 Å². The number of hydrogen-bond donors (Lipinski definition) is 0. The van der Waals surface area contributed by atoms with E-state index in [4.69, 9.17) is 14.2 Å². The number of carbonyl (C=O) groups excluding carboxylic acids is 1. The summed E-state index contributed by atoms with van der Waals surface area (Å²) in [5.74, 6) is 0.595. The zero-order chi connectivity index (χ0) is 15.9. The number of nitro groups is 1. The largest absolute Gasteiger partial charge is 0.497 e. The number of benzene rings is 2. The lowest BCUT2D eigenvalue weighted by Crippen LogP contribution is -2.17. The molecule has 2 aromatic rings. The molecule has 0 spiro atoms. The van der Waals surface area contributed by atoms with E-state index in [2.05, 4.69) is 0 Å². The third-order valence-electron chi connectivity index (χ3n) is 2.68. The monoisotopic (exact) mass is 303 g/mol. The van der Waals surface area contributed by atoms with E-state index in [-0.39, 0.29) is 18.0 Å². The molecule has 0 aliphatic carbocycles. The van der Waals surface area contributed by atoms with Crippen molar-refractivity contribution in [3.63, 3.8) is 0 Å². The molecule has 0 amide bonds. The summed E-state index contributed by atoms with van der Waals surface area (Å²) in [6, 6.07) is 12.1. The fraction of sp³-hybridized carbons (Fsp3) is 0.133. The Morgan fingerprint density at radius 3 is 2.41 bits per heavy atom. The van der Waals surface area contributed by atoms with Crippen LogP contribution in [0.2, 0.25) is 0 Å². The molecule has 0 aliphatic heterocycles. The first-order chi connectivity index (χ1) is 10.6. The van der Waals surface area contributed by atoms with Crippen LogP contribution in [0.15, 0.2) is 48.5 Å². The van der Waals surface area contributed by atoms with Crippen LogP contribution in [0.1, 0.15) is 0 Å². The SMILES string of the molecule is COc1ccc(OCC(=O)Oc2cccc([N+](=O)[O-])c2)cc1. The standard InChI is InChI=1S/C15H13NO6/c1-20-12-5-7-13(8-6-12)21-10-15(17)22-14-4-2-3-11(9-14)16(18)19/h2-9H,10H2,1H3. The Balaban J connectivity index is 1.89. The molecule has 0 aromatic heterocycles. The van der Waals surface area contributed by atoms with Crippen molar-refractivity contribution in [2.75, 3.05) is 13.7 Å². The van der Waals surface area contributed by atoms with Gasteiger partial charge in [0.25, 0.3) is 5.69 Å². The minimum atomic E-state index is -0.656. The second-order valence-electron chi connectivity index (χ2n) is 4.19. The molecule has 0 saturated carbocycles. The van der Waals surface area contributed by atoms with Gasteiger partial charge in [-0.25, -0.2) is 4.79 Å². The molecule has 7 nitrogen and oxygen atoms in total. The average Bonchev–Trinajstić information content (AvgIpc) is 2.53. The van der Waals surface area contributed by atoms with Crippen molar-refractivity contribution < 1.29 is 23.9 Å². The molecule has 0 fully saturated rings. The van der Waals surface area contributed by atoms with Crippen LogP contribution < -0.4 is 14.2 Å². The second-order valence-corrected chi connectivity index (χ2v) is 4.19. The topological polar surface area (TPSA) is 87.9 Å². The van der Waals surface area contributed by atoms with Crippen LogP contribution in [-0.4, -0.2) is 24.6 Å². The van der Waals surface area contributed by atoms with E-state index in [9.17, 15) is 14.9 Å².